The van der Waals surface area contributed by atoms with Crippen molar-refractivity contribution in [3.8, 4) is 0 Å². The van der Waals surface area contributed by atoms with E-state index in [0.717, 1.165) is 5.56 Å². The number of rotatable bonds is 7. The Kier molecular flexibility index (Phi) is 7.57. The Balaban J connectivity index is 2.55. The first kappa shape index (κ1) is 18.3. The Morgan fingerprint density at radius 1 is 1.29 bits per heavy atom. The Labute approximate surface area is 139 Å². The summed E-state index contributed by atoms with van der Waals surface area (Å²) >= 11 is 13.6. The molecule has 0 amide bonds. The summed E-state index contributed by atoms with van der Waals surface area (Å²) in [6.07, 6.45) is 0.726. The van der Waals surface area contributed by atoms with Gasteiger partial charge in [0.2, 0.25) is 0 Å². The zero-order valence-corrected chi connectivity index (χ0v) is 14.6. The predicted molar refractivity (Wildman–Crippen MR) is 88.7 cm³/mol. The molecule has 0 aliphatic heterocycles. The van der Waals surface area contributed by atoms with Gasteiger partial charge in [-0.3, -0.25) is 9.59 Å². The summed E-state index contributed by atoms with van der Waals surface area (Å²) < 4.78 is 4.57. The summed E-state index contributed by atoms with van der Waals surface area (Å²) in [5.74, 6) is 0.395. The van der Waals surface area contributed by atoms with Crippen LogP contribution in [-0.2, 0) is 9.53 Å². The molecular formula is C15H18Cl2O3S. The highest BCUT2D eigenvalue weighted by Gasteiger charge is 2.15. The average molecular weight is 349 g/mol. The summed E-state index contributed by atoms with van der Waals surface area (Å²) in [4.78, 5) is 23.2. The largest absolute Gasteiger partial charge is 0.469 e. The van der Waals surface area contributed by atoms with Gasteiger partial charge in [0.1, 0.15) is 0 Å². The minimum Gasteiger partial charge on any atom is -0.469 e. The maximum atomic E-state index is 12.2. The molecule has 1 rings (SSSR count). The molecule has 0 N–H and O–H groups in total. The van der Waals surface area contributed by atoms with E-state index < -0.39 is 0 Å². The van der Waals surface area contributed by atoms with E-state index >= 15 is 0 Å². The summed E-state index contributed by atoms with van der Waals surface area (Å²) in [6.45, 7) is 3.77. The normalized spacial score (nSPS) is 12.0. The lowest BCUT2D eigenvalue weighted by Crippen LogP contribution is -2.10. The molecule has 0 bridgehead atoms. The Morgan fingerprint density at radius 3 is 2.38 bits per heavy atom. The van der Waals surface area contributed by atoms with E-state index in [9.17, 15) is 9.59 Å². The molecule has 0 radical (unpaired) electrons. The molecule has 0 saturated carbocycles. The van der Waals surface area contributed by atoms with Crippen molar-refractivity contribution < 1.29 is 14.3 Å². The predicted octanol–water partition coefficient (Wildman–Crippen LogP) is 4.56. The van der Waals surface area contributed by atoms with Crippen molar-refractivity contribution in [2.45, 2.75) is 31.9 Å². The molecule has 1 aromatic carbocycles. The number of esters is 1. The minimum atomic E-state index is -0.238. The van der Waals surface area contributed by atoms with Crippen molar-refractivity contribution in [1.29, 1.82) is 0 Å². The number of carbonyl (C=O) groups is 2. The molecule has 1 aromatic rings. The van der Waals surface area contributed by atoms with Gasteiger partial charge in [-0.15, -0.1) is 0 Å². The smallest absolute Gasteiger partial charge is 0.306 e. The molecule has 116 valence electrons. The lowest BCUT2D eigenvalue weighted by atomic mass is 10.1. The van der Waals surface area contributed by atoms with Crippen LogP contribution in [-0.4, -0.2) is 29.9 Å². The molecule has 0 heterocycles. The number of ketones is 1. The van der Waals surface area contributed by atoms with Gasteiger partial charge in [-0.05, 0) is 24.6 Å². The van der Waals surface area contributed by atoms with Crippen molar-refractivity contribution in [2.75, 3.05) is 12.9 Å². The second kappa shape index (κ2) is 8.66. The van der Waals surface area contributed by atoms with E-state index in [4.69, 9.17) is 23.2 Å². The molecule has 0 fully saturated rings. The topological polar surface area (TPSA) is 43.4 Å². The maximum absolute atomic E-state index is 12.2. The van der Waals surface area contributed by atoms with Crippen LogP contribution in [0.5, 0.6) is 0 Å². The minimum absolute atomic E-state index is 0.00290. The molecule has 0 saturated heterocycles. The molecule has 1 unspecified atom stereocenters. The molecule has 1 atom stereocenters. The molecule has 0 aliphatic rings. The van der Waals surface area contributed by atoms with Crippen LogP contribution < -0.4 is 0 Å². The second-order valence-electron chi connectivity index (χ2n) is 4.70. The monoisotopic (exact) mass is 348 g/mol. The maximum Gasteiger partial charge on any atom is 0.306 e. The number of methoxy groups -OCH3 is 1. The van der Waals surface area contributed by atoms with Gasteiger partial charge in [-0.1, -0.05) is 30.1 Å². The van der Waals surface area contributed by atoms with Crippen molar-refractivity contribution >= 4 is 46.7 Å². The Bertz CT molecular complexity index is 509. The van der Waals surface area contributed by atoms with Crippen molar-refractivity contribution in [3.05, 3.63) is 33.3 Å². The van der Waals surface area contributed by atoms with E-state index in [0.29, 0.717) is 34.2 Å². The molecule has 6 heteroatoms. The molecule has 21 heavy (non-hydrogen) atoms. The first-order chi connectivity index (χ1) is 9.85. The third-order valence-corrected chi connectivity index (χ3v) is 4.97. The summed E-state index contributed by atoms with van der Waals surface area (Å²) in [7, 11) is 1.37. The van der Waals surface area contributed by atoms with Gasteiger partial charge in [-0.25, -0.2) is 0 Å². The fourth-order valence-electron chi connectivity index (χ4n) is 1.69. The molecular weight excluding hydrogens is 331 g/mol. The van der Waals surface area contributed by atoms with E-state index in [1.54, 1.807) is 23.9 Å². The van der Waals surface area contributed by atoms with Crippen molar-refractivity contribution in [1.82, 2.24) is 0 Å². The van der Waals surface area contributed by atoms with E-state index in [-0.39, 0.29) is 17.0 Å². The van der Waals surface area contributed by atoms with Crippen LogP contribution in [0.1, 0.15) is 35.7 Å². The number of carbonyl (C=O) groups excluding carboxylic acids is 2. The lowest BCUT2D eigenvalue weighted by molar-refractivity contribution is -0.140. The number of hydrogen-bond acceptors (Lipinski definition) is 4. The van der Waals surface area contributed by atoms with Gasteiger partial charge in [0.25, 0.3) is 0 Å². The van der Waals surface area contributed by atoms with E-state index in [1.807, 2.05) is 13.8 Å². The lowest BCUT2D eigenvalue weighted by Gasteiger charge is -2.11. The second-order valence-corrected chi connectivity index (χ2v) is 7.06. The molecule has 0 spiro atoms. The number of ether oxygens (including phenoxy) is 1. The zero-order chi connectivity index (χ0) is 16.0. The van der Waals surface area contributed by atoms with Crippen molar-refractivity contribution in [3.63, 3.8) is 0 Å². The first-order valence-corrected chi connectivity index (χ1v) is 8.33. The van der Waals surface area contributed by atoms with Gasteiger partial charge >= 0.3 is 5.97 Å². The van der Waals surface area contributed by atoms with Crippen LogP contribution in [0.3, 0.4) is 0 Å². The SMILES string of the molecule is COC(=O)CCSC(C)CC(=O)c1cc(Cl)c(C)c(Cl)c1. The standard InChI is InChI=1S/C15H18Cl2O3S/c1-9(21-5-4-15(19)20-3)6-14(18)11-7-12(16)10(2)13(17)8-11/h7-9H,4-6H2,1-3H3. The highest BCUT2D eigenvalue weighted by atomic mass is 35.5. The number of halogens is 2. The Morgan fingerprint density at radius 2 is 1.86 bits per heavy atom. The zero-order valence-electron chi connectivity index (χ0n) is 12.2. The van der Waals surface area contributed by atoms with Gasteiger partial charge in [0.15, 0.2) is 5.78 Å². The van der Waals surface area contributed by atoms with Gasteiger partial charge < -0.3 is 4.74 Å². The number of hydrogen-bond donors (Lipinski definition) is 0. The number of thioether (sulfide) groups is 1. The summed E-state index contributed by atoms with van der Waals surface area (Å²) in [5.41, 5.74) is 1.30. The molecule has 3 nitrogen and oxygen atoms in total. The van der Waals surface area contributed by atoms with Crippen molar-refractivity contribution in [2.24, 2.45) is 0 Å². The fourth-order valence-corrected chi connectivity index (χ4v) is 3.13. The highest BCUT2D eigenvalue weighted by Crippen LogP contribution is 2.27. The molecule has 0 aliphatic carbocycles. The van der Waals surface area contributed by atoms with Gasteiger partial charge in [-0.2, -0.15) is 11.8 Å². The van der Waals surface area contributed by atoms with Crippen LogP contribution in [0.2, 0.25) is 10.0 Å². The first-order valence-electron chi connectivity index (χ1n) is 6.52. The van der Waals surface area contributed by atoms with Crippen LogP contribution in [0, 0.1) is 6.92 Å². The quantitative estimate of drug-likeness (QED) is 0.535. The highest BCUT2D eigenvalue weighted by molar-refractivity contribution is 7.99. The summed E-state index contributed by atoms with van der Waals surface area (Å²) in [5, 5.41) is 1.11. The molecule has 0 aromatic heterocycles. The van der Waals surface area contributed by atoms with Crippen LogP contribution in [0.4, 0.5) is 0 Å². The third kappa shape index (κ3) is 5.89. The van der Waals surface area contributed by atoms with E-state index in [1.165, 1.54) is 7.11 Å². The summed E-state index contributed by atoms with van der Waals surface area (Å²) in [6, 6.07) is 3.30. The fraction of sp³-hybridized carbons (Fsp3) is 0.467. The third-order valence-electron chi connectivity index (χ3n) is 3.01. The van der Waals surface area contributed by atoms with E-state index in [2.05, 4.69) is 4.74 Å². The van der Waals surface area contributed by atoms with Gasteiger partial charge in [0.05, 0.1) is 13.5 Å². The average Bonchev–Trinajstić information content (AvgIpc) is 2.43. The number of benzene rings is 1. The van der Waals surface area contributed by atoms with Crippen LogP contribution >= 0.6 is 35.0 Å². The van der Waals surface area contributed by atoms with Crippen LogP contribution in [0.15, 0.2) is 12.1 Å². The van der Waals surface area contributed by atoms with Crippen LogP contribution in [0.25, 0.3) is 0 Å². The number of Topliss-reactive ketones (excluding diaryl/α,β-unsaturated/α-hetero) is 1. The Hall–Kier alpha value is -0.710. The van der Waals surface area contributed by atoms with Gasteiger partial charge in [0, 0.05) is 33.0 Å².